The molecule has 0 aliphatic rings. The number of halogens is 1. The van der Waals surface area contributed by atoms with Crippen molar-refractivity contribution in [3.05, 3.63) is 28.2 Å². The fourth-order valence-corrected chi connectivity index (χ4v) is 2.22. The molecule has 0 saturated carbocycles. The van der Waals surface area contributed by atoms with Crippen molar-refractivity contribution < 1.29 is 5.11 Å². The number of aliphatic hydroxyl groups is 1. The van der Waals surface area contributed by atoms with Gasteiger partial charge < -0.3 is 10.4 Å². The van der Waals surface area contributed by atoms with Gasteiger partial charge in [0.25, 0.3) is 0 Å². The number of anilines is 1. The molecule has 0 saturated heterocycles. The minimum atomic E-state index is -0.0107. The number of nitrogens with one attached hydrogen (secondary N) is 1. The summed E-state index contributed by atoms with van der Waals surface area (Å²) in [6.45, 7) is 7.38. The first-order valence-corrected chi connectivity index (χ1v) is 6.97. The number of hydrogen-bond donors (Lipinski definition) is 2. The zero-order valence-corrected chi connectivity index (χ0v) is 12.5. The van der Waals surface area contributed by atoms with Crippen LogP contribution in [0.25, 0.3) is 0 Å². The Bertz CT molecular complexity index is 353. The van der Waals surface area contributed by atoms with E-state index in [0.29, 0.717) is 0 Å². The van der Waals surface area contributed by atoms with E-state index in [1.807, 2.05) is 0 Å². The van der Waals surface area contributed by atoms with Crippen molar-refractivity contribution in [2.24, 2.45) is 5.41 Å². The number of rotatable bonds is 6. The van der Waals surface area contributed by atoms with Crippen LogP contribution in [0.4, 0.5) is 5.69 Å². The molecule has 0 radical (unpaired) electrons. The molecule has 0 unspecified atom stereocenters. The van der Waals surface area contributed by atoms with E-state index < -0.39 is 0 Å². The predicted molar refractivity (Wildman–Crippen MR) is 77.5 cm³/mol. The van der Waals surface area contributed by atoms with Crippen LogP contribution >= 0.6 is 15.9 Å². The van der Waals surface area contributed by atoms with Gasteiger partial charge in [-0.25, -0.2) is 0 Å². The van der Waals surface area contributed by atoms with Crippen molar-refractivity contribution >= 4 is 21.6 Å². The van der Waals surface area contributed by atoms with Gasteiger partial charge in [0.1, 0.15) is 0 Å². The smallest absolute Gasteiger partial charge is 0.0504 e. The molecule has 1 aromatic rings. The Hall–Kier alpha value is -0.540. The Balaban J connectivity index is 2.75. The highest BCUT2D eigenvalue weighted by atomic mass is 79.9. The normalized spacial score (nSPS) is 11.6. The van der Waals surface area contributed by atoms with Gasteiger partial charge in [-0.1, -0.05) is 19.9 Å². The maximum absolute atomic E-state index is 9.53. The number of benzene rings is 1. The van der Waals surface area contributed by atoms with Gasteiger partial charge in [0.2, 0.25) is 0 Å². The van der Waals surface area contributed by atoms with Crippen LogP contribution in [0.1, 0.15) is 32.3 Å². The molecule has 3 heteroatoms. The Morgan fingerprint density at radius 1 is 1.29 bits per heavy atom. The maximum Gasteiger partial charge on any atom is 0.0504 e. The lowest BCUT2D eigenvalue weighted by atomic mass is 9.83. The molecule has 0 fully saturated rings. The first kappa shape index (κ1) is 14.5. The van der Waals surface area contributed by atoms with Crippen molar-refractivity contribution in [1.29, 1.82) is 0 Å². The second-order valence-corrected chi connectivity index (χ2v) is 5.56. The first-order chi connectivity index (χ1) is 8.06. The third-order valence-electron chi connectivity index (χ3n) is 3.61. The fourth-order valence-electron chi connectivity index (χ4n) is 1.84. The highest BCUT2D eigenvalue weighted by Gasteiger charge is 2.25. The van der Waals surface area contributed by atoms with Crippen LogP contribution in [0.15, 0.2) is 22.7 Å². The molecule has 2 N–H and O–H groups in total. The van der Waals surface area contributed by atoms with E-state index in [9.17, 15) is 5.11 Å². The molecule has 1 rings (SSSR count). The number of aryl methyl sites for hydroxylation is 1. The molecule has 96 valence electrons. The molecule has 0 aliphatic carbocycles. The highest BCUT2D eigenvalue weighted by molar-refractivity contribution is 9.10. The van der Waals surface area contributed by atoms with E-state index in [2.05, 4.69) is 60.2 Å². The van der Waals surface area contributed by atoms with E-state index in [0.717, 1.165) is 29.5 Å². The van der Waals surface area contributed by atoms with Crippen molar-refractivity contribution in [2.75, 3.05) is 18.5 Å². The fraction of sp³-hybridized carbons (Fsp3) is 0.571. The zero-order chi connectivity index (χ0) is 12.9. The van der Waals surface area contributed by atoms with Crippen LogP contribution in [-0.4, -0.2) is 18.3 Å². The minimum absolute atomic E-state index is 0.0107. The lowest BCUT2D eigenvalue weighted by Gasteiger charge is -2.30. The van der Waals surface area contributed by atoms with E-state index in [-0.39, 0.29) is 12.0 Å². The summed E-state index contributed by atoms with van der Waals surface area (Å²) in [6.07, 6.45) is 1.97. The molecule has 0 bridgehead atoms. The maximum atomic E-state index is 9.53. The van der Waals surface area contributed by atoms with Crippen molar-refractivity contribution in [3.8, 4) is 0 Å². The van der Waals surface area contributed by atoms with Gasteiger partial charge in [0, 0.05) is 22.1 Å². The molecule has 0 amide bonds. The van der Waals surface area contributed by atoms with Crippen LogP contribution in [0, 0.1) is 12.3 Å². The second kappa shape index (κ2) is 6.41. The van der Waals surface area contributed by atoms with Crippen LogP contribution in [0.3, 0.4) is 0 Å². The molecule has 0 aliphatic heterocycles. The summed E-state index contributed by atoms with van der Waals surface area (Å²) in [6, 6.07) is 6.25. The van der Waals surface area contributed by atoms with Crippen LogP contribution in [-0.2, 0) is 0 Å². The molecular formula is C14H22BrNO. The van der Waals surface area contributed by atoms with Gasteiger partial charge in [-0.15, -0.1) is 0 Å². The standard InChI is InChI=1S/C14H22BrNO/c1-4-14(5-2,10-17)9-16-13-8-11(3)6-7-12(13)15/h6-8,16-17H,4-5,9-10H2,1-3H3. The Labute approximate surface area is 113 Å². The van der Waals surface area contributed by atoms with Gasteiger partial charge >= 0.3 is 0 Å². The summed E-state index contributed by atoms with van der Waals surface area (Å²) >= 11 is 3.54. The number of aliphatic hydroxyl groups excluding tert-OH is 1. The molecule has 0 aromatic heterocycles. The van der Waals surface area contributed by atoms with Gasteiger partial charge in [0.15, 0.2) is 0 Å². The van der Waals surface area contributed by atoms with Crippen molar-refractivity contribution in [1.82, 2.24) is 0 Å². The van der Waals surface area contributed by atoms with Crippen LogP contribution < -0.4 is 5.32 Å². The highest BCUT2D eigenvalue weighted by Crippen LogP contribution is 2.29. The predicted octanol–water partition coefficient (Wildman–Crippen LogP) is 3.97. The summed E-state index contributed by atoms with van der Waals surface area (Å²) in [4.78, 5) is 0. The Morgan fingerprint density at radius 2 is 1.94 bits per heavy atom. The quantitative estimate of drug-likeness (QED) is 0.833. The van der Waals surface area contributed by atoms with E-state index in [4.69, 9.17) is 0 Å². The van der Waals surface area contributed by atoms with Gasteiger partial charge in [-0.05, 0) is 53.4 Å². The summed E-state index contributed by atoms with van der Waals surface area (Å²) < 4.78 is 1.07. The third-order valence-corrected chi connectivity index (χ3v) is 4.30. The average molecular weight is 300 g/mol. The largest absolute Gasteiger partial charge is 0.396 e. The minimum Gasteiger partial charge on any atom is -0.396 e. The molecular weight excluding hydrogens is 278 g/mol. The third kappa shape index (κ3) is 3.71. The summed E-state index contributed by atoms with van der Waals surface area (Å²) in [5.74, 6) is 0. The summed E-state index contributed by atoms with van der Waals surface area (Å²) in [5, 5.41) is 13.0. The molecule has 0 atom stereocenters. The van der Waals surface area contributed by atoms with Gasteiger partial charge in [-0.2, -0.15) is 0 Å². The molecule has 2 nitrogen and oxygen atoms in total. The number of hydrogen-bond acceptors (Lipinski definition) is 2. The summed E-state index contributed by atoms with van der Waals surface area (Å²) in [5.41, 5.74) is 2.33. The molecule has 0 spiro atoms. The van der Waals surface area contributed by atoms with Gasteiger partial charge in [-0.3, -0.25) is 0 Å². The van der Waals surface area contributed by atoms with Crippen LogP contribution in [0.2, 0.25) is 0 Å². The van der Waals surface area contributed by atoms with Gasteiger partial charge in [0.05, 0.1) is 6.61 Å². The average Bonchev–Trinajstić information content (AvgIpc) is 2.35. The lowest BCUT2D eigenvalue weighted by molar-refractivity contribution is 0.127. The molecule has 1 aromatic carbocycles. The lowest BCUT2D eigenvalue weighted by Crippen LogP contribution is -2.32. The molecule has 0 heterocycles. The molecule has 17 heavy (non-hydrogen) atoms. The first-order valence-electron chi connectivity index (χ1n) is 6.18. The Morgan fingerprint density at radius 3 is 2.47 bits per heavy atom. The van der Waals surface area contributed by atoms with E-state index in [1.54, 1.807) is 0 Å². The van der Waals surface area contributed by atoms with Crippen molar-refractivity contribution in [3.63, 3.8) is 0 Å². The van der Waals surface area contributed by atoms with Crippen molar-refractivity contribution in [2.45, 2.75) is 33.6 Å². The Kier molecular flexibility index (Phi) is 5.47. The summed E-state index contributed by atoms with van der Waals surface area (Å²) in [7, 11) is 0. The topological polar surface area (TPSA) is 32.3 Å². The monoisotopic (exact) mass is 299 g/mol. The second-order valence-electron chi connectivity index (χ2n) is 4.70. The van der Waals surface area contributed by atoms with E-state index >= 15 is 0 Å². The zero-order valence-electron chi connectivity index (χ0n) is 10.9. The van der Waals surface area contributed by atoms with Crippen LogP contribution in [0.5, 0.6) is 0 Å². The SMILES string of the molecule is CCC(CC)(CO)CNc1cc(C)ccc1Br. The van der Waals surface area contributed by atoms with E-state index in [1.165, 1.54) is 5.56 Å².